The smallest absolute Gasteiger partial charge is 0.300 e. The fourth-order valence-electron chi connectivity index (χ4n) is 1.94. The van der Waals surface area contributed by atoms with Gasteiger partial charge in [-0.1, -0.05) is 19.8 Å². The number of hydrogen-bond acceptors (Lipinski definition) is 5. The molecule has 0 bridgehead atoms. The zero-order valence-corrected chi connectivity index (χ0v) is 12.7. The molecule has 1 aromatic rings. The lowest BCUT2D eigenvalue weighted by molar-refractivity contribution is -0.385. The van der Waals surface area contributed by atoms with Crippen LogP contribution in [0.1, 0.15) is 50.4 Å². The van der Waals surface area contributed by atoms with Gasteiger partial charge in [0.25, 0.3) is 11.6 Å². The monoisotopic (exact) mass is 294 g/mol. The maximum absolute atomic E-state index is 12.2. The third-order valence-electron chi connectivity index (χ3n) is 3.05. The van der Waals surface area contributed by atoms with Gasteiger partial charge in [0, 0.05) is 18.7 Å². The maximum Gasteiger partial charge on any atom is 0.300 e. The molecule has 2 N–H and O–H groups in total. The molecular weight excluding hydrogens is 272 g/mol. The molecule has 0 aliphatic rings. The van der Waals surface area contributed by atoms with E-state index in [-0.39, 0.29) is 17.3 Å². The number of unbranched alkanes of at least 4 members (excludes halogenated alkanes) is 1. The van der Waals surface area contributed by atoms with Crippen LogP contribution in [0.5, 0.6) is 0 Å². The van der Waals surface area contributed by atoms with Gasteiger partial charge >= 0.3 is 0 Å². The Morgan fingerprint density at radius 1 is 1.48 bits per heavy atom. The van der Waals surface area contributed by atoms with E-state index in [1.807, 2.05) is 13.8 Å². The van der Waals surface area contributed by atoms with E-state index in [2.05, 4.69) is 22.5 Å². The Bertz CT molecular complexity index is 505. The van der Waals surface area contributed by atoms with Crippen molar-refractivity contribution >= 4 is 17.4 Å². The van der Waals surface area contributed by atoms with E-state index in [9.17, 15) is 14.9 Å². The highest BCUT2D eigenvalue weighted by molar-refractivity contribution is 5.98. The van der Waals surface area contributed by atoms with Crippen molar-refractivity contribution in [3.05, 3.63) is 27.9 Å². The van der Waals surface area contributed by atoms with Crippen LogP contribution < -0.4 is 10.6 Å². The lowest BCUT2D eigenvalue weighted by atomic mass is 10.1. The van der Waals surface area contributed by atoms with Gasteiger partial charge in [0.2, 0.25) is 0 Å². The molecule has 1 amide bonds. The van der Waals surface area contributed by atoms with Crippen molar-refractivity contribution in [2.75, 3.05) is 11.9 Å². The lowest BCUT2D eigenvalue weighted by Gasteiger charge is -2.14. The van der Waals surface area contributed by atoms with Crippen LogP contribution in [0.15, 0.2) is 12.3 Å². The molecule has 0 spiro atoms. The molecule has 7 nitrogen and oxygen atoms in total. The predicted octanol–water partition coefficient (Wildman–Crippen LogP) is 2.73. The second-order valence-electron chi connectivity index (χ2n) is 4.89. The quantitative estimate of drug-likeness (QED) is 0.567. The van der Waals surface area contributed by atoms with Gasteiger partial charge in [0.15, 0.2) is 0 Å². The molecule has 0 fully saturated rings. The molecule has 1 aromatic heterocycles. The van der Waals surface area contributed by atoms with Crippen molar-refractivity contribution < 1.29 is 9.72 Å². The Kier molecular flexibility index (Phi) is 6.58. The Labute approximate surface area is 124 Å². The minimum absolute atomic E-state index is 0.0206. The van der Waals surface area contributed by atoms with Crippen molar-refractivity contribution in [2.24, 2.45) is 0 Å². The van der Waals surface area contributed by atoms with Crippen LogP contribution in [-0.4, -0.2) is 28.4 Å². The Morgan fingerprint density at radius 3 is 2.76 bits per heavy atom. The van der Waals surface area contributed by atoms with Gasteiger partial charge < -0.3 is 10.6 Å². The molecule has 0 saturated heterocycles. The number of rotatable bonds is 8. The fourth-order valence-corrected chi connectivity index (χ4v) is 1.94. The van der Waals surface area contributed by atoms with Crippen LogP contribution in [0.4, 0.5) is 11.5 Å². The van der Waals surface area contributed by atoms with E-state index in [4.69, 9.17) is 0 Å². The Morgan fingerprint density at radius 2 is 2.19 bits per heavy atom. The number of nitrogens with zero attached hydrogens (tertiary/aromatic N) is 2. The molecule has 1 atom stereocenters. The number of nitrogens with one attached hydrogen (secondary N) is 2. The van der Waals surface area contributed by atoms with E-state index in [1.54, 1.807) is 0 Å². The summed E-state index contributed by atoms with van der Waals surface area (Å²) < 4.78 is 0. The van der Waals surface area contributed by atoms with Crippen molar-refractivity contribution in [3.63, 3.8) is 0 Å². The Balaban J connectivity index is 2.94. The molecule has 116 valence electrons. The average molecular weight is 294 g/mol. The first-order chi connectivity index (χ1) is 9.99. The summed E-state index contributed by atoms with van der Waals surface area (Å²) >= 11 is 0. The predicted molar refractivity (Wildman–Crippen MR) is 81.5 cm³/mol. The number of carbonyl (C=O) groups is 1. The summed E-state index contributed by atoms with van der Waals surface area (Å²) in [5, 5.41) is 16.8. The molecular formula is C14H22N4O3. The highest BCUT2D eigenvalue weighted by Gasteiger charge is 2.22. The van der Waals surface area contributed by atoms with Crippen LogP contribution in [0.25, 0.3) is 0 Å². The number of anilines is 1. The highest BCUT2D eigenvalue weighted by atomic mass is 16.6. The SMILES string of the molecule is CCCCC(C)NC(=O)c1cc(NCC)ncc1[N+](=O)[O-]. The third-order valence-corrected chi connectivity index (χ3v) is 3.05. The van der Waals surface area contributed by atoms with Crippen molar-refractivity contribution in [3.8, 4) is 0 Å². The molecule has 0 radical (unpaired) electrons. The molecule has 1 unspecified atom stereocenters. The molecule has 0 saturated carbocycles. The van der Waals surface area contributed by atoms with Gasteiger partial charge in [-0.3, -0.25) is 14.9 Å². The molecule has 0 aromatic carbocycles. The topological polar surface area (TPSA) is 97.2 Å². The highest BCUT2D eigenvalue weighted by Crippen LogP contribution is 2.20. The Hall–Kier alpha value is -2.18. The zero-order valence-electron chi connectivity index (χ0n) is 12.7. The zero-order chi connectivity index (χ0) is 15.8. The first-order valence-electron chi connectivity index (χ1n) is 7.18. The van der Waals surface area contributed by atoms with Gasteiger partial charge in [-0.25, -0.2) is 4.98 Å². The number of hydrogen-bond donors (Lipinski definition) is 2. The summed E-state index contributed by atoms with van der Waals surface area (Å²) in [6, 6.07) is 1.40. The maximum atomic E-state index is 12.2. The first-order valence-corrected chi connectivity index (χ1v) is 7.18. The van der Waals surface area contributed by atoms with Gasteiger partial charge in [-0.2, -0.15) is 0 Å². The van der Waals surface area contributed by atoms with Crippen LogP contribution in [0.3, 0.4) is 0 Å². The van der Waals surface area contributed by atoms with E-state index < -0.39 is 10.8 Å². The van der Waals surface area contributed by atoms with Crippen molar-refractivity contribution in [2.45, 2.75) is 46.1 Å². The molecule has 21 heavy (non-hydrogen) atoms. The molecule has 0 aliphatic heterocycles. The summed E-state index contributed by atoms with van der Waals surface area (Å²) in [5.74, 6) is 0.0151. The molecule has 1 rings (SSSR count). The lowest BCUT2D eigenvalue weighted by Crippen LogP contribution is -2.33. The van der Waals surface area contributed by atoms with E-state index in [1.165, 1.54) is 6.07 Å². The van der Waals surface area contributed by atoms with E-state index >= 15 is 0 Å². The van der Waals surface area contributed by atoms with Gasteiger partial charge in [0.05, 0.1) is 4.92 Å². The minimum Gasteiger partial charge on any atom is -0.370 e. The molecule has 7 heteroatoms. The largest absolute Gasteiger partial charge is 0.370 e. The molecule has 1 heterocycles. The summed E-state index contributed by atoms with van der Waals surface area (Å²) in [5.41, 5.74) is -0.244. The van der Waals surface area contributed by atoms with Crippen LogP contribution >= 0.6 is 0 Å². The fraction of sp³-hybridized carbons (Fsp3) is 0.571. The normalized spacial score (nSPS) is 11.8. The van der Waals surface area contributed by atoms with Crippen LogP contribution in [0, 0.1) is 10.1 Å². The van der Waals surface area contributed by atoms with E-state index in [0.717, 1.165) is 25.5 Å². The van der Waals surface area contributed by atoms with Crippen molar-refractivity contribution in [1.82, 2.24) is 10.3 Å². The standard InChI is InChI=1S/C14H22N4O3/c1-4-6-7-10(3)17-14(19)11-8-13(15-5-2)16-9-12(11)18(20)21/h8-10H,4-7H2,1-3H3,(H,15,16)(H,17,19). The van der Waals surface area contributed by atoms with E-state index in [0.29, 0.717) is 12.4 Å². The average Bonchev–Trinajstić information content (AvgIpc) is 2.45. The minimum atomic E-state index is -0.589. The van der Waals surface area contributed by atoms with Crippen molar-refractivity contribution in [1.29, 1.82) is 0 Å². The van der Waals surface area contributed by atoms with Gasteiger partial charge in [-0.05, 0) is 20.3 Å². The van der Waals surface area contributed by atoms with Gasteiger partial charge in [0.1, 0.15) is 17.6 Å². The number of amides is 1. The second-order valence-corrected chi connectivity index (χ2v) is 4.89. The number of nitro groups is 1. The summed E-state index contributed by atoms with van der Waals surface area (Å²) in [4.78, 5) is 26.6. The summed E-state index contributed by atoms with van der Waals surface area (Å²) in [6.45, 7) is 6.48. The third kappa shape index (κ3) is 5.02. The molecule has 0 aliphatic carbocycles. The number of aromatic nitrogens is 1. The van der Waals surface area contributed by atoms with Crippen LogP contribution in [-0.2, 0) is 0 Å². The van der Waals surface area contributed by atoms with Crippen LogP contribution in [0.2, 0.25) is 0 Å². The number of carbonyl (C=O) groups excluding carboxylic acids is 1. The summed E-state index contributed by atoms with van der Waals surface area (Å²) in [6.07, 6.45) is 4.01. The van der Waals surface area contributed by atoms with Gasteiger partial charge in [-0.15, -0.1) is 0 Å². The second kappa shape index (κ2) is 8.18. The number of pyridine rings is 1. The summed E-state index contributed by atoms with van der Waals surface area (Å²) in [7, 11) is 0. The first kappa shape index (κ1) is 16.9.